The lowest BCUT2D eigenvalue weighted by molar-refractivity contribution is 0.415. The number of halogens is 1. The van der Waals surface area contributed by atoms with Crippen LogP contribution in [0.25, 0.3) is 22.2 Å². The topological polar surface area (TPSA) is 22.1 Å². The Hall–Kier alpha value is -1.62. The predicted octanol–water partition coefficient (Wildman–Crippen LogP) is 4.52. The molecule has 0 fully saturated rings. The van der Waals surface area contributed by atoms with Crippen molar-refractivity contribution < 1.29 is 4.74 Å². The molecule has 1 aromatic heterocycles. The molecule has 0 N–H and O–H groups in total. The Morgan fingerprint density at radius 1 is 1.00 bits per heavy atom. The first-order chi connectivity index (χ1) is 9.28. The number of rotatable bonds is 2. The van der Waals surface area contributed by atoms with E-state index >= 15 is 0 Å². The molecule has 2 nitrogen and oxygen atoms in total. The molecular weight excluding hydrogens is 349 g/mol. The highest BCUT2D eigenvalue weighted by Gasteiger charge is 2.07. The summed E-state index contributed by atoms with van der Waals surface area (Å²) in [6.45, 7) is 0. The van der Waals surface area contributed by atoms with Crippen molar-refractivity contribution in [3.63, 3.8) is 0 Å². The van der Waals surface area contributed by atoms with Gasteiger partial charge in [-0.2, -0.15) is 0 Å². The smallest absolute Gasteiger partial charge is 0.119 e. The van der Waals surface area contributed by atoms with Crippen LogP contribution in [0.15, 0.2) is 54.6 Å². The fourth-order valence-electron chi connectivity index (χ4n) is 2.06. The molecule has 0 saturated carbocycles. The molecule has 19 heavy (non-hydrogen) atoms. The summed E-state index contributed by atoms with van der Waals surface area (Å²) in [5.41, 5.74) is 3.09. The van der Waals surface area contributed by atoms with Crippen LogP contribution in [0.4, 0.5) is 0 Å². The number of hydrogen-bond acceptors (Lipinski definition) is 2. The maximum absolute atomic E-state index is 5.27. The Balaban J connectivity index is 2.20. The fraction of sp³-hybridized carbons (Fsp3) is 0.0625. The Kier molecular flexibility index (Phi) is 3.38. The lowest BCUT2D eigenvalue weighted by atomic mass is 10.1. The molecule has 1 heterocycles. The zero-order valence-corrected chi connectivity index (χ0v) is 12.6. The van der Waals surface area contributed by atoms with Crippen LogP contribution in [-0.2, 0) is 0 Å². The first-order valence-corrected chi connectivity index (χ1v) is 7.05. The summed E-state index contributed by atoms with van der Waals surface area (Å²) in [5.74, 6) is 0.850. The van der Waals surface area contributed by atoms with E-state index in [1.54, 1.807) is 7.11 Å². The van der Waals surface area contributed by atoms with Gasteiger partial charge in [-0.1, -0.05) is 30.3 Å². The molecule has 0 bridgehead atoms. The van der Waals surface area contributed by atoms with Gasteiger partial charge in [-0.3, -0.25) is 0 Å². The predicted molar refractivity (Wildman–Crippen MR) is 86.4 cm³/mol. The maximum atomic E-state index is 5.27. The summed E-state index contributed by atoms with van der Waals surface area (Å²) in [5, 5.41) is 1.17. The Labute approximate surface area is 125 Å². The van der Waals surface area contributed by atoms with Gasteiger partial charge >= 0.3 is 0 Å². The van der Waals surface area contributed by atoms with E-state index in [0.29, 0.717) is 0 Å². The minimum absolute atomic E-state index is 0.850. The Bertz CT molecular complexity index is 740. The van der Waals surface area contributed by atoms with Crippen molar-refractivity contribution in [1.82, 2.24) is 4.98 Å². The van der Waals surface area contributed by atoms with Gasteiger partial charge in [0.25, 0.3) is 0 Å². The van der Waals surface area contributed by atoms with Gasteiger partial charge in [-0.15, -0.1) is 0 Å². The van der Waals surface area contributed by atoms with Gasteiger partial charge in [0.2, 0.25) is 0 Å². The largest absolute Gasteiger partial charge is 0.497 e. The van der Waals surface area contributed by atoms with Crippen LogP contribution in [0.3, 0.4) is 0 Å². The number of ether oxygens (including phenoxy) is 1. The minimum Gasteiger partial charge on any atom is -0.497 e. The van der Waals surface area contributed by atoms with E-state index in [-0.39, 0.29) is 0 Å². The summed E-state index contributed by atoms with van der Waals surface area (Å²) in [4.78, 5) is 4.76. The second-order valence-corrected chi connectivity index (χ2v) is 5.41. The molecule has 94 valence electrons. The van der Waals surface area contributed by atoms with Crippen molar-refractivity contribution in [2.45, 2.75) is 0 Å². The second-order valence-electron chi connectivity index (χ2n) is 4.24. The molecule has 0 atom stereocenters. The van der Waals surface area contributed by atoms with Crippen molar-refractivity contribution >= 4 is 33.5 Å². The molecule has 0 aliphatic carbocycles. The first kappa shape index (κ1) is 12.4. The van der Waals surface area contributed by atoms with Gasteiger partial charge < -0.3 is 4.74 Å². The van der Waals surface area contributed by atoms with Crippen LogP contribution in [-0.4, -0.2) is 12.1 Å². The molecular formula is C16H12INO. The third kappa shape index (κ3) is 2.42. The lowest BCUT2D eigenvalue weighted by Crippen LogP contribution is -1.91. The van der Waals surface area contributed by atoms with E-state index < -0.39 is 0 Å². The van der Waals surface area contributed by atoms with Gasteiger partial charge in [-0.05, 0) is 46.9 Å². The highest BCUT2D eigenvalue weighted by Crippen LogP contribution is 2.28. The molecule has 3 rings (SSSR count). The second kappa shape index (κ2) is 5.17. The van der Waals surface area contributed by atoms with Crippen LogP contribution >= 0.6 is 22.6 Å². The van der Waals surface area contributed by atoms with Gasteiger partial charge in [0.05, 0.1) is 18.3 Å². The summed E-state index contributed by atoms with van der Waals surface area (Å²) < 4.78 is 6.42. The monoisotopic (exact) mass is 361 g/mol. The number of benzene rings is 2. The number of methoxy groups -OCH3 is 1. The molecule has 3 aromatic rings. The van der Waals surface area contributed by atoms with Crippen LogP contribution in [0.1, 0.15) is 0 Å². The molecule has 0 radical (unpaired) electrons. The summed E-state index contributed by atoms with van der Waals surface area (Å²) in [6.07, 6.45) is 0. The van der Waals surface area contributed by atoms with Gasteiger partial charge in [0, 0.05) is 14.5 Å². The van der Waals surface area contributed by atoms with Crippen LogP contribution in [0.2, 0.25) is 0 Å². The zero-order chi connectivity index (χ0) is 13.2. The SMILES string of the molecule is COc1cccc(-c2nc3ccccc3cc2I)c1. The standard InChI is InChI=1S/C16H12INO/c1-19-13-7-4-6-12(9-13)16-14(17)10-11-5-2-3-8-15(11)18-16/h2-10H,1H3. The van der Waals surface area contributed by atoms with E-state index in [1.165, 1.54) is 5.39 Å². The normalized spacial score (nSPS) is 10.6. The first-order valence-electron chi connectivity index (χ1n) is 5.97. The minimum atomic E-state index is 0.850. The highest BCUT2D eigenvalue weighted by atomic mass is 127. The average Bonchev–Trinajstić information content (AvgIpc) is 2.46. The van der Waals surface area contributed by atoms with Gasteiger partial charge in [0.1, 0.15) is 5.75 Å². The van der Waals surface area contributed by atoms with E-state index in [2.05, 4.69) is 40.8 Å². The number of pyridine rings is 1. The third-order valence-corrected chi connectivity index (χ3v) is 3.84. The van der Waals surface area contributed by atoms with Crippen molar-refractivity contribution in [3.05, 3.63) is 58.2 Å². The van der Waals surface area contributed by atoms with Gasteiger partial charge in [0.15, 0.2) is 0 Å². The van der Waals surface area contributed by atoms with Crippen molar-refractivity contribution in [2.75, 3.05) is 7.11 Å². The Morgan fingerprint density at radius 2 is 1.84 bits per heavy atom. The fourth-order valence-corrected chi connectivity index (χ4v) is 2.83. The number of aromatic nitrogens is 1. The summed E-state index contributed by atoms with van der Waals surface area (Å²) in [7, 11) is 1.68. The zero-order valence-electron chi connectivity index (χ0n) is 10.4. The molecule has 0 unspecified atom stereocenters. The van der Waals surface area contributed by atoms with Crippen LogP contribution in [0.5, 0.6) is 5.75 Å². The molecule has 0 aliphatic rings. The van der Waals surface area contributed by atoms with E-state index in [1.807, 2.05) is 36.4 Å². The molecule has 0 aliphatic heterocycles. The van der Waals surface area contributed by atoms with Crippen LogP contribution in [0, 0.1) is 3.57 Å². The van der Waals surface area contributed by atoms with Crippen LogP contribution < -0.4 is 4.74 Å². The molecule has 0 amide bonds. The third-order valence-electron chi connectivity index (χ3n) is 3.02. The molecule has 0 spiro atoms. The van der Waals surface area contributed by atoms with Crippen molar-refractivity contribution in [3.8, 4) is 17.0 Å². The lowest BCUT2D eigenvalue weighted by Gasteiger charge is -2.08. The van der Waals surface area contributed by atoms with E-state index in [9.17, 15) is 0 Å². The van der Waals surface area contributed by atoms with E-state index in [4.69, 9.17) is 9.72 Å². The molecule has 0 saturated heterocycles. The Morgan fingerprint density at radius 3 is 2.68 bits per heavy atom. The molecule has 2 aromatic carbocycles. The average molecular weight is 361 g/mol. The molecule has 3 heteroatoms. The van der Waals surface area contributed by atoms with Gasteiger partial charge in [-0.25, -0.2) is 4.98 Å². The highest BCUT2D eigenvalue weighted by molar-refractivity contribution is 14.1. The van der Waals surface area contributed by atoms with Crippen molar-refractivity contribution in [2.24, 2.45) is 0 Å². The number of fused-ring (bicyclic) bond motifs is 1. The number of hydrogen-bond donors (Lipinski definition) is 0. The maximum Gasteiger partial charge on any atom is 0.119 e. The quantitative estimate of drug-likeness (QED) is 0.627. The summed E-state index contributed by atoms with van der Waals surface area (Å²) in [6, 6.07) is 18.3. The number of nitrogens with zero attached hydrogens (tertiary/aromatic N) is 1. The van der Waals surface area contributed by atoms with Crippen molar-refractivity contribution in [1.29, 1.82) is 0 Å². The van der Waals surface area contributed by atoms with E-state index in [0.717, 1.165) is 26.1 Å². The summed E-state index contributed by atoms with van der Waals surface area (Å²) >= 11 is 2.33. The number of para-hydroxylation sites is 1.